The van der Waals surface area contributed by atoms with Crippen molar-refractivity contribution in [1.82, 2.24) is 4.90 Å². The first kappa shape index (κ1) is 21.5. The molecule has 0 atom stereocenters. The normalized spacial score (nSPS) is 11.1. The zero-order chi connectivity index (χ0) is 20.9. The lowest BCUT2D eigenvalue weighted by Crippen LogP contribution is -2.37. The van der Waals surface area contributed by atoms with Crippen molar-refractivity contribution >= 4 is 17.5 Å². The summed E-state index contributed by atoms with van der Waals surface area (Å²) in [6.07, 6.45) is 0. The SMILES string of the molecule is Cc1cccc(C)c1NC(=O)CN(C)C(=O)COc1ccc(C(C)(C)C)cc1. The van der Waals surface area contributed by atoms with Crippen molar-refractivity contribution in [3.63, 3.8) is 0 Å². The number of ether oxygens (including phenoxy) is 1. The highest BCUT2D eigenvalue weighted by atomic mass is 16.5. The van der Waals surface area contributed by atoms with Gasteiger partial charge in [0, 0.05) is 12.7 Å². The van der Waals surface area contributed by atoms with E-state index >= 15 is 0 Å². The molecular weight excluding hydrogens is 352 g/mol. The summed E-state index contributed by atoms with van der Waals surface area (Å²) < 4.78 is 5.57. The van der Waals surface area contributed by atoms with E-state index in [4.69, 9.17) is 4.74 Å². The highest BCUT2D eigenvalue weighted by Crippen LogP contribution is 2.24. The molecular formula is C23H30N2O3. The first-order chi connectivity index (χ1) is 13.1. The van der Waals surface area contributed by atoms with Crippen molar-refractivity contribution in [2.24, 2.45) is 0 Å². The van der Waals surface area contributed by atoms with E-state index in [9.17, 15) is 9.59 Å². The first-order valence-electron chi connectivity index (χ1n) is 9.41. The number of hydrogen-bond acceptors (Lipinski definition) is 3. The number of carbonyl (C=O) groups is 2. The van der Waals surface area contributed by atoms with Gasteiger partial charge in [0.1, 0.15) is 5.75 Å². The predicted octanol–water partition coefficient (Wildman–Crippen LogP) is 4.08. The largest absolute Gasteiger partial charge is 0.484 e. The molecule has 1 N–H and O–H groups in total. The number of likely N-dealkylation sites (N-methyl/N-ethyl adjacent to an activating group) is 1. The van der Waals surface area contributed by atoms with Crippen LogP contribution in [0.25, 0.3) is 0 Å². The van der Waals surface area contributed by atoms with Crippen LogP contribution in [-0.4, -0.2) is 36.9 Å². The Morgan fingerprint density at radius 3 is 2.11 bits per heavy atom. The number of hydrogen-bond donors (Lipinski definition) is 1. The van der Waals surface area contributed by atoms with Gasteiger partial charge in [0.2, 0.25) is 5.91 Å². The summed E-state index contributed by atoms with van der Waals surface area (Å²) in [6, 6.07) is 13.6. The van der Waals surface area contributed by atoms with E-state index in [1.165, 1.54) is 10.5 Å². The molecule has 0 aromatic heterocycles. The van der Waals surface area contributed by atoms with E-state index in [1.807, 2.05) is 56.3 Å². The molecule has 2 rings (SSSR count). The smallest absolute Gasteiger partial charge is 0.260 e. The van der Waals surface area contributed by atoms with Gasteiger partial charge in [-0.1, -0.05) is 51.1 Å². The van der Waals surface area contributed by atoms with Gasteiger partial charge in [-0.05, 0) is 48.1 Å². The maximum absolute atomic E-state index is 12.3. The molecule has 0 unspecified atom stereocenters. The predicted molar refractivity (Wildman–Crippen MR) is 113 cm³/mol. The van der Waals surface area contributed by atoms with Crippen LogP contribution in [0.4, 0.5) is 5.69 Å². The molecule has 0 heterocycles. The number of rotatable bonds is 6. The van der Waals surface area contributed by atoms with E-state index in [0.717, 1.165) is 16.8 Å². The third kappa shape index (κ3) is 5.84. The number of nitrogens with zero attached hydrogens (tertiary/aromatic N) is 1. The number of aryl methyl sites for hydroxylation is 2. The third-order valence-electron chi connectivity index (χ3n) is 4.63. The van der Waals surface area contributed by atoms with Gasteiger partial charge in [0.25, 0.3) is 5.91 Å². The van der Waals surface area contributed by atoms with E-state index in [1.54, 1.807) is 7.05 Å². The fourth-order valence-corrected chi connectivity index (χ4v) is 2.80. The molecule has 28 heavy (non-hydrogen) atoms. The lowest BCUT2D eigenvalue weighted by Gasteiger charge is -2.20. The molecule has 0 saturated heterocycles. The highest BCUT2D eigenvalue weighted by molar-refractivity contribution is 5.95. The van der Waals surface area contributed by atoms with Gasteiger partial charge in [-0.15, -0.1) is 0 Å². The van der Waals surface area contributed by atoms with Crippen molar-refractivity contribution in [1.29, 1.82) is 0 Å². The Labute approximate surface area is 167 Å². The number of amides is 2. The van der Waals surface area contributed by atoms with Crippen molar-refractivity contribution in [2.45, 2.75) is 40.0 Å². The minimum atomic E-state index is -0.253. The average Bonchev–Trinajstić information content (AvgIpc) is 2.62. The van der Waals surface area contributed by atoms with Crippen LogP contribution in [0.5, 0.6) is 5.75 Å². The monoisotopic (exact) mass is 382 g/mol. The first-order valence-corrected chi connectivity index (χ1v) is 9.41. The summed E-state index contributed by atoms with van der Waals surface area (Å²) in [5.41, 5.74) is 4.04. The van der Waals surface area contributed by atoms with E-state index in [-0.39, 0.29) is 30.4 Å². The van der Waals surface area contributed by atoms with Crippen LogP contribution >= 0.6 is 0 Å². The fourth-order valence-electron chi connectivity index (χ4n) is 2.80. The van der Waals surface area contributed by atoms with Gasteiger partial charge in [-0.3, -0.25) is 9.59 Å². The summed E-state index contributed by atoms with van der Waals surface area (Å²) in [4.78, 5) is 25.9. The van der Waals surface area contributed by atoms with Crippen molar-refractivity contribution in [3.8, 4) is 5.75 Å². The number of anilines is 1. The maximum Gasteiger partial charge on any atom is 0.260 e. The Bertz CT molecular complexity index is 816. The molecule has 150 valence electrons. The van der Waals surface area contributed by atoms with Crippen LogP contribution < -0.4 is 10.1 Å². The van der Waals surface area contributed by atoms with Crippen LogP contribution in [0.15, 0.2) is 42.5 Å². The molecule has 2 amide bonds. The standard InChI is InChI=1S/C23H30N2O3/c1-16-8-7-9-17(2)22(16)24-20(26)14-25(6)21(27)15-28-19-12-10-18(11-13-19)23(3,4)5/h7-13H,14-15H2,1-6H3,(H,24,26). The van der Waals surface area contributed by atoms with Crippen LogP contribution in [-0.2, 0) is 15.0 Å². The quantitative estimate of drug-likeness (QED) is 0.819. The van der Waals surface area contributed by atoms with Crippen LogP contribution in [0.2, 0.25) is 0 Å². The Hall–Kier alpha value is -2.82. The number of nitrogens with one attached hydrogen (secondary N) is 1. The summed E-state index contributed by atoms with van der Waals surface area (Å²) in [5.74, 6) is 0.147. The summed E-state index contributed by atoms with van der Waals surface area (Å²) in [7, 11) is 1.60. The van der Waals surface area contributed by atoms with Gasteiger partial charge in [0.05, 0.1) is 6.54 Å². The topological polar surface area (TPSA) is 58.6 Å². The number of para-hydroxylation sites is 1. The zero-order valence-corrected chi connectivity index (χ0v) is 17.6. The molecule has 0 aliphatic heterocycles. The van der Waals surface area contributed by atoms with Crippen LogP contribution in [0.3, 0.4) is 0 Å². The van der Waals surface area contributed by atoms with E-state index in [2.05, 4.69) is 26.1 Å². The molecule has 2 aromatic carbocycles. The van der Waals surface area contributed by atoms with Crippen LogP contribution in [0, 0.1) is 13.8 Å². The average molecular weight is 383 g/mol. The second-order valence-corrected chi connectivity index (χ2v) is 8.13. The fraction of sp³-hybridized carbons (Fsp3) is 0.391. The zero-order valence-electron chi connectivity index (χ0n) is 17.6. The number of carbonyl (C=O) groups excluding carboxylic acids is 2. The third-order valence-corrected chi connectivity index (χ3v) is 4.63. The molecule has 5 nitrogen and oxygen atoms in total. The Morgan fingerprint density at radius 1 is 1.00 bits per heavy atom. The molecule has 0 aliphatic carbocycles. The lowest BCUT2D eigenvalue weighted by atomic mass is 9.87. The Kier molecular flexibility index (Phi) is 6.84. The molecule has 0 fully saturated rings. The molecule has 0 aliphatic rings. The van der Waals surface area contributed by atoms with Crippen LogP contribution in [0.1, 0.15) is 37.5 Å². The summed E-state index contributed by atoms with van der Waals surface area (Å²) in [5, 5.41) is 2.88. The highest BCUT2D eigenvalue weighted by Gasteiger charge is 2.16. The van der Waals surface area contributed by atoms with Gasteiger partial charge in [-0.25, -0.2) is 0 Å². The van der Waals surface area contributed by atoms with Gasteiger partial charge in [-0.2, -0.15) is 0 Å². The van der Waals surface area contributed by atoms with Gasteiger partial charge in [0.15, 0.2) is 6.61 Å². The lowest BCUT2D eigenvalue weighted by molar-refractivity contribution is -0.135. The molecule has 5 heteroatoms. The van der Waals surface area contributed by atoms with Crippen molar-refractivity contribution in [2.75, 3.05) is 25.5 Å². The maximum atomic E-state index is 12.3. The van der Waals surface area contributed by atoms with Gasteiger partial charge < -0.3 is 15.0 Å². The molecule has 0 saturated carbocycles. The molecule has 0 bridgehead atoms. The second kappa shape index (κ2) is 8.91. The van der Waals surface area contributed by atoms with E-state index < -0.39 is 0 Å². The molecule has 0 spiro atoms. The Morgan fingerprint density at radius 2 is 1.57 bits per heavy atom. The van der Waals surface area contributed by atoms with Crippen molar-refractivity contribution in [3.05, 3.63) is 59.2 Å². The minimum Gasteiger partial charge on any atom is -0.484 e. The summed E-state index contributed by atoms with van der Waals surface area (Å²) in [6.45, 7) is 10.2. The van der Waals surface area contributed by atoms with Gasteiger partial charge >= 0.3 is 0 Å². The summed E-state index contributed by atoms with van der Waals surface area (Å²) >= 11 is 0. The number of benzene rings is 2. The minimum absolute atomic E-state index is 0.0288. The van der Waals surface area contributed by atoms with Crippen molar-refractivity contribution < 1.29 is 14.3 Å². The molecule has 0 radical (unpaired) electrons. The van der Waals surface area contributed by atoms with E-state index in [0.29, 0.717) is 5.75 Å². The second-order valence-electron chi connectivity index (χ2n) is 8.13. The molecule has 2 aromatic rings. The Balaban J connectivity index is 1.86.